The molecule has 15 heteroatoms. The molecule has 0 heterocycles. The summed E-state index contributed by atoms with van der Waals surface area (Å²) in [5.74, 6) is -0.350. The Kier molecular flexibility index (Phi) is 9.67. The van der Waals surface area contributed by atoms with Crippen LogP contribution in [0.15, 0.2) is 82.6 Å². The largest absolute Gasteiger partial charge is 0.495 e. The van der Waals surface area contributed by atoms with Crippen molar-refractivity contribution in [2.45, 2.75) is 16.7 Å². The number of hydrogen-bond donors (Lipinski definition) is 3. The summed E-state index contributed by atoms with van der Waals surface area (Å²) in [5.41, 5.74) is 0.715. The van der Waals surface area contributed by atoms with Crippen LogP contribution in [-0.4, -0.2) is 37.0 Å². The average molecular weight is 685 g/mol. The monoisotopic (exact) mass is 683 g/mol. The van der Waals surface area contributed by atoms with Gasteiger partial charge in [-0.15, -0.1) is 0 Å². The second-order valence-corrected chi connectivity index (χ2v) is 13.6. The number of halogens is 3. The Morgan fingerprint density at radius 2 is 1.35 bits per heavy atom. The molecule has 4 rings (SSSR count). The maximum Gasteiger partial charge on any atom is 0.262 e. The van der Waals surface area contributed by atoms with Crippen molar-refractivity contribution in [2.75, 3.05) is 29.0 Å². The molecule has 10 nitrogen and oxygen atoms in total. The Balaban J connectivity index is 1.60. The Hall–Kier alpha value is -3.68. The summed E-state index contributed by atoms with van der Waals surface area (Å²) in [6.07, 6.45) is 0. The van der Waals surface area contributed by atoms with Crippen LogP contribution in [0.5, 0.6) is 11.5 Å². The van der Waals surface area contributed by atoms with Crippen LogP contribution in [0.4, 0.5) is 17.1 Å². The third kappa shape index (κ3) is 7.46. The molecule has 226 valence electrons. The predicted octanol–water partition coefficient (Wildman–Crippen LogP) is 6.83. The standard InChI is InChI=1S/C28H24Cl3N3O7S2/c1-16-4-7-19(12-27(16)43(38,39)33-18-8-5-17(29)6-9-18)32-28(35)21-13-20(10-11-22(21)30)42(36,37)34-24-14-23(31)25(40-2)15-26(24)41-3/h4-15,33-34H,1-3H3,(H,32,35). The summed E-state index contributed by atoms with van der Waals surface area (Å²) in [6.45, 7) is 1.60. The van der Waals surface area contributed by atoms with E-state index in [1.165, 1.54) is 68.8 Å². The van der Waals surface area contributed by atoms with Crippen molar-refractivity contribution in [3.8, 4) is 11.5 Å². The highest BCUT2D eigenvalue weighted by Gasteiger charge is 2.23. The van der Waals surface area contributed by atoms with Crippen LogP contribution in [-0.2, 0) is 20.0 Å². The summed E-state index contributed by atoms with van der Waals surface area (Å²) in [5, 5.41) is 3.12. The lowest BCUT2D eigenvalue weighted by molar-refractivity contribution is 0.102. The average Bonchev–Trinajstić information content (AvgIpc) is 2.95. The van der Waals surface area contributed by atoms with E-state index < -0.39 is 26.0 Å². The Labute approximate surface area is 264 Å². The van der Waals surface area contributed by atoms with Gasteiger partial charge in [0.2, 0.25) is 0 Å². The molecule has 0 saturated carbocycles. The molecule has 43 heavy (non-hydrogen) atoms. The first-order valence-corrected chi connectivity index (χ1v) is 16.3. The summed E-state index contributed by atoms with van der Waals surface area (Å²) in [7, 11) is -5.55. The second kappa shape index (κ2) is 12.9. The quantitative estimate of drug-likeness (QED) is 0.166. The van der Waals surface area contributed by atoms with Crippen LogP contribution in [0.3, 0.4) is 0 Å². The van der Waals surface area contributed by atoms with Crippen molar-refractivity contribution in [2.24, 2.45) is 0 Å². The van der Waals surface area contributed by atoms with Gasteiger partial charge in [0.1, 0.15) is 11.5 Å². The van der Waals surface area contributed by atoms with Crippen molar-refractivity contribution >= 4 is 77.8 Å². The highest BCUT2D eigenvalue weighted by Crippen LogP contribution is 2.37. The normalized spacial score (nSPS) is 11.5. The number of nitrogens with one attached hydrogen (secondary N) is 3. The lowest BCUT2D eigenvalue weighted by atomic mass is 10.2. The van der Waals surface area contributed by atoms with Crippen LogP contribution >= 0.6 is 34.8 Å². The molecule has 1 amide bonds. The topological polar surface area (TPSA) is 140 Å². The summed E-state index contributed by atoms with van der Waals surface area (Å²) in [4.78, 5) is 12.9. The number of aryl methyl sites for hydroxylation is 1. The molecule has 0 aliphatic heterocycles. The SMILES string of the molecule is COc1cc(OC)c(NS(=O)(=O)c2ccc(Cl)c(C(=O)Nc3ccc(C)c(S(=O)(=O)Nc4ccc(Cl)cc4)c3)c2)cc1Cl. The highest BCUT2D eigenvalue weighted by molar-refractivity contribution is 7.93. The number of carbonyl (C=O) groups is 1. The van der Waals surface area contributed by atoms with E-state index in [1.807, 2.05) is 0 Å². The van der Waals surface area contributed by atoms with E-state index >= 15 is 0 Å². The number of amides is 1. The van der Waals surface area contributed by atoms with E-state index in [4.69, 9.17) is 44.3 Å². The number of sulfonamides is 2. The number of benzene rings is 4. The van der Waals surface area contributed by atoms with Gasteiger partial charge in [0.15, 0.2) is 0 Å². The molecule has 0 unspecified atom stereocenters. The number of ether oxygens (including phenoxy) is 2. The first-order valence-electron chi connectivity index (χ1n) is 12.2. The number of rotatable bonds is 10. The second-order valence-electron chi connectivity index (χ2n) is 8.98. The van der Waals surface area contributed by atoms with E-state index in [2.05, 4.69) is 14.8 Å². The Bertz CT molecular complexity index is 1920. The van der Waals surface area contributed by atoms with E-state index in [1.54, 1.807) is 19.1 Å². The summed E-state index contributed by atoms with van der Waals surface area (Å²) < 4.78 is 67.9. The number of methoxy groups -OCH3 is 2. The van der Waals surface area contributed by atoms with Crippen LogP contribution in [0, 0.1) is 6.92 Å². The van der Waals surface area contributed by atoms with Gasteiger partial charge in [0.25, 0.3) is 26.0 Å². The highest BCUT2D eigenvalue weighted by atomic mass is 35.5. The molecule has 0 radical (unpaired) electrons. The van der Waals surface area contributed by atoms with Gasteiger partial charge in [-0.1, -0.05) is 40.9 Å². The minimum absolute atomic E-state index is 0.0362. The molecule has 0 aromatic heterocycles. The molecular formula is C28H24Cl3N3O7S2. The lowest BCUT2D eigenvalue weighted by Crippen LogP contribution is -2.18. The third-order valence-corrected chi connectivity index (χ3v) is 9.81. The van der Waals surface area contributed by atoms with E-state index in [0.29, 0.717) is 16.3 Å². The van der Waals surface area contributed by atoms with Crippen LogP contribution < -0.4 is 24.2 Å². The van der Waals surface area contributed by atoms with Crippen molar-refractivity contribution in [1.82, 2.24) is 0 Å². The Morgan fingerprint density at radius 1 is 0.698 bits per heavy atom. The van der Waals surface area contributed by atoms with Gasteiger partial charge >= 0.3 is 0 Å². The lowest BCUT2D eigenvalue weighted by Gasteiger charge is -2.15. The maximum absolute atomic E-state index is 13.2. The van der Waals surface area contributed by atoms with Gasteiger partial charge in [-0.25, -0.2) is 16.8 Å². The minimum Gasteiger partial charge on any atom is -0.495 e. The molecular weight excluding hydrogens is 661 g/mol. The first kappa shape index (κ1) is 32.2. The maximum atomic E-state index is 13.2. The van der Waals surface area contributed by atoms with Crippen LogP contribution in [0.25, 0.3) is 0 Å². The van der Waals surface area contributed by atoms with Gasteiger partial charge < -0.3 is 14.8 Å². The predicted molar refractivity (Wildman–Crippen MR) is 168 cm³/mol. The fraction of sp³-hybridized carbons (Fsp3) is 0.107. The molecule has 0 aliphatic rings. The zero-order chi connectivity index (χ0) is 31.5. The van der Waals surface area contributed by atoms with Crippen LogP contribution in [0.2, 0.25) is 15.1 Å². The zero-order valence-corrected chi connectivity index (χ0v) is 26.6. The fourth-order valence-corrected chi connectivity index (χ4v) is 6.87. The molecule has 0 atom stereocenters. The van der Waals surface area contributed by atoms with Gasteiger partial charge in [-0.05, 0) is 73.2 Å². The van der Waals surface area contributed by atoms with Crippen molar-refractivity contribution in [3.05, 3.63) is 99.0 Å². The molecule has 0 aliphatic carbocycles. The third-order valence-electron chi connectivity index (χ3n) is 6.04. The van der Waals surface area contributed by atoms with E-state index in [-0.39, 0.29) is 48.3 Å². The number of hydrogen-bond acceptors (Lipinski definition) is 7. The van der Waals surface area contributed by atoms with Crippen LogP contribution in [0.1, 0.15) is 15.9 Å². The fourth-order valence-electron chi connectivity index (χ4n) is 3.88. The van der Waals surface area contributed by atoms with E-state index in [9.17, 15) is 21.6 Å². The molecule has 4 aromatic rings. The van der Waals surface area contributed by atoms with Gasteiger partial charge in [-0.3, -0.25) is 14.2 Å². The van der Waals surface area contributed by atoms with Gasteiger partial charge in [-0.2, -0.15) is 0 Å². The zero-order valence-electron chi connectivity index (χ0n) is 22.7. The van der Waals surface area contributed by atoms with Crippen molar-refractivity contribution in [3.63, 3.8) is 0 Å². The Morgan fingerprint density at radius 3 is 2.00 bits per heavy atom. The van der Waals surface area contributed by atoms with Gasteiger partial charge in [0.05, 0.1) is 45.3 Å². The molecule has 0 spiro atoms. The number of carbonyl (C=O) groups excluding carboxylic acids is 1. The summed E-state index contributed by atoms with van der Waals surface area (Å²) in [6, 6.07) is 16.7. The summed E-state index contributed by atoms with van der Waals surface area (Å²) >= 11 is 18.3. The molecule has 3 N–H and O–H groups in total. The van der Waals surface area contributed by atoms with Crippen molar-refractivity contribution in [1.29, 1.82) is 0 Å². The molecule has 4 aromatic carbocycles. The molecule has 0 bridgehead atoms. The molecule has 0 fully saturated rings. The first-order chi connectivity index (χ1) is 20.2. The van der Waals surface area contributed by atoms with Gasteiger partial charge in [0, 0.05) is 22.5 Å². The minimum atomic E-state index is -4.26. The van der Waals surface area contributed by atoms with Crippen molar-refractivity contribution < 1.29 is 31.1 Å². The molecule has 0 saturated heterocycles. The number of anilines is 3. The smallest absolute Gasteiger partial charge is 0.262 e. The van der Waals surface area contributed by atoms with E-state index in [0.717, 1.165) is 6.07 Å².